The zero-order chi connectivity index (χ0) is 15.3. The van der Waals surface area contributed by atoms with Crippen LogP contribution in [0.25, 0.3) is 0 Å². The molecule has 0 aliphatic carbocycles. The van der Waals surface area contributed by atoms with E-state index in [1.807, 2.05) is 13.8 Å². The Hall–Kier alpha value is -2.11. The largest absolute Gasteiger partial charge is 0.480 e. The lowest BCUT2D eigenvalue weighted by Gasteiger charge is -2.24. The van der Waals surface area contributed by atoms with Gasteiger partial charge in [0.15, 0.2) is 0 Å². The Bertz CT molecular complexity index is 484. The Morgan fingerprint density at radius 3 is 2.50 bits per heavy atom. The van der Waals surface area contributed by atoms with Crippen LogP contribution >= 0.6 is 0 Å². The predicted octanol–water partition coefficient (Wildman–Crippen LogP) is 1.85. The molecule has 0 bridgehead atoms. The molecule has 0 aliphatic heterocycles. The van der Waals surface area contributed by atoms with Crippen LogP contribution in [-0.2, 0) is 4.79 Å². The van der Waals surface area contributed by atoms with E-state index in [-0.39, 0.29) is 12.5 Å². The van der Waals surface area contributed by atoms with Crippen LogP contribution in [0.5, 0.6) is 5.88 Å². The third-order valence-electron chi connectivity index (χ3n) is 2.92. The summed E-state index contributed by atoms with van der Waals surface area (Å²) < 4.78 is 5.37. The van der Waals surface area contributed by atoms with E-state index in [2.05, 4.69) is 10.3 Å². The van der Waals surface area contributed by atoms with E-state index in [9.17, 15) is 9.59 Å². The zero-order valence-electron chi connectivity index (χ0n) is 12.1. The summed E-state index contributed by atoms with van der Waals surface area (Å²) >= 11 is 0. The van der Waals surface area contributed by atoms with E-state index < -0.39 is 17.4 Å². The third-order valence-corrected chi connectivity index (χ3v) is 2.92. The molecule has 1 aromatic heterocycles. The predicted molar refractivity (Wildman–Crippen MR) is 73.8 cm³/mol. The fourth-order valence-electron chi connectivity index (χ4n) is 1.44. The molecule has 0 saturated carbocycles. The molecule has 1 aromatic rings. The highest BCUT2D eigenvalue weighted by atomic mass is 16.5. The van der Waals surface area contributed by atoms with Gasteiger partial charge >= 0.3 is 5.97 Å². The number of rotatable bonds is 6. The number of nitrogens with zero attached hydrogens (tertiary/aromatic N) is 1. The summed E-state index contributed by atoms with van der Waals surface area (Å²) in [5, 5.41) is 11.6. The van der Waals surface area contributed by atoms with Crippen molar-refractivity contribution in [2.75, 3.05) is 0 Å². The first kappa shape index (κ1) is 15.9. The van der Waals surface area contributed by atoms with Gasteiger partial charge in [0.05, 0.1) is 11.7 Å². The number of pyridine rings is 1. The van der Waals surface area contributed by atoms with Gasteiger partial charge < -0.3 is 15.2 Å². The second-order valence-electron chi connectivity index (χ2n) is 5.00. The lowest BCUT2D eigenvalue weighted by Crippen LogP contribution is -2.51. The van der Waals surface area contributed by atoms with Gasteiger partial charge in [0.25, 0.3) is 5.91 Å². The van der Waals surface area contributed by atoms with E-state index in [1.54, 1.807) is 19.1 Å². The standard InChI is InChI=1S/C14H20N2O4/c1-5-14(4,13(18)19)16-12(17)10-6-7-11(15-8-10)20-9(2)3/h6-9H,5H2,1-4H3,(H,16,17)(H,18,19). The maximum absolute atomic E-state index is 12.0. The first-order chi connectivity index (χ1) is 9.28. The van der Waals surface area contributed by atoms with Gasteiger partial charge in [0.1, 0.15) is 5.54 Å². The fraction of sp³-hybridized carbons (Fsp3) is 0.500. The molecule has 0 aliphatic rings. The van der Waals surface area contributed by atoms with Crippen molar-refractivity contribution < 1.29 is 19.4 Å². The van der Waals surface area contributed by atoms with Crippen molar-refractivity contribution in [1.29, 1.82) is 0 Å². The first-order valence-electron chi connectivity index (χ1n) is 6.47. The Kier molecular flexibility index (Phi) is 5.07. The van der Waals surface area contributed by atoms with Crippen LogP contribution in [-0.4, -0.2) is 33.6 Å². The number of carbonyl (C=O) groups excluding carboxylic acids is 1. The average molecular weight is 280 g/mol. The summed E-state index contributed by atoms with van der Waals surface area (Å²) in [6, 6.07) is 3.14. The number of hydrogen-bond acceptors (Lipinski definition) is 4. The highest BCUT2D eigenvalue weighted by Gasteiger charge is 2.33. The van der Waals surface area contributed by atoms with Gasteiger partial charge in [-0.05, 0) is 33.3 Å². The van der Waals surface area contributed by atoms with E-state index in [4.69, 9.17) is 9.84 Å². The van der Waals surface area contributed by atoms with Crippen molar-refractivity contribution in [3.05, 3.63) is 23.9 Å². The molecule has 1 unspecified atom stereocenters. The summed E-state index contributed by atoms with van der Waals surface area (Å²) in [5.41, 5.74) is -0.994. The third kappa shape index (κ3) is 3.94. The second kappa shape index (κ2) is 6.36. The molecule has 6 nitrogen and oxygen atoms in total. The van der Waals surface area contributed by atoms with Crippen molar-refractivity contribution >= 4 is 11.9 Å². The number of carboxylic acid groups (broad SMARTS) is 1. The van der Waals surface area contributed by atoms with Crippen LogP contribution in [0.1, 0.15) is 44.5 Å². The molecule has 1 atom stereocenters. The molecule has 1 amide bonds. The van der Waals surface area contributed by atoms with E-state index in [0.717, 1.165) is 0 Å². The molecule has 0 fully saturated rings. The molecule has 2 N–H and O–H groups in total. The van der Waals surface area contributed by atoms with Gasteiger partial charge in [0.2, 0.25) is 5.88 Å². The number of carboxylic acids is 1. The minimum Gasteiger partial charge on any atom is -0.480 e. The monoisotopic (exact) mass is 280 g/mol. The number of aliphatic carboxylic acids is 1. The molecule has 110 valence electrons. The Labute approximate surface area is 118 Å². The van der Waals surface area contributed by atoms with Gasteiger partial charge in [-0.2, -0.15) is 0 Å². The van der Waals surface area contributed by atoms with Gasteiger partial charge in [-0.25, -0.2) is 9.78 Å². The molecule has 0 saturated heterocycles. The van der Waals surface area contributed by atoms with Gasteiger partial charge in [-0.15, -0.1) is 0 Å². The van der Waals surface area contributed by atoms with E-state index in [1.165, 1.54) is 13.1 Å². The van der Waals surface area contributed by atoms with Crippen molar-refractivity contribution in [3.8, 4) is 5.88 Å². The Morgan fingerprint density at radius 1 is 1.45 bits per heavy atom. The minimum atomic E-state index is -1.29. The summed E-state index contributed by atoms with van der Waals surface area (Å²) in [7, 11) is 0. The smallest absolute Gasteiger partial charge is 0.329 e. The molecule has 0 radical (unpaired) electrons. The molecule has 20 heavy (non-hydrogen) atoms. The number of hydrogen-bond donors (Lipinski definition) is 2. The number of nitrogens with one attached hydrogen (secondary N) is 1. The summed E-state index contributed by atoms with van der Waals surface area (Å²) in [6.07, 6.45) is 1.65. The van der Waals surface area contributed by atoms with Crippen LogP contribution in [0.2, 0.25) is 0 Å². The number of amides is 1. The highest BCUT2D eigenvalue weighted by Crippen LogP contribution is 2.13. The minimum absolute atomic E-state index is 0.00225. The lowest BCUT2D eigenvalue weighted by molar-refractivity contribution is -0.143. The number of ether oxygens (including phenoxy) is 1. The molecule has 1 rings (SSSR count). The Balaban J connectivity index is 2.80. The van der Waals surface area contributed by atoms with Crippen LogP contribution in [0.15, 0.2) is 18.3 Å². The van der Waals surface area contributed by atoms with Crippen molar-refractivity contribution in [1.82, 2.24) is 10.3 Å². The molecule has 6 heteroatoms. The molecule has 1 heterocycles. The summed E-state index contributed by atoms with van der Waals surface area (Å²) in [4.78, 5) is 27.2. The fourth-order valence-corrected chi connectivity index (χ4v) is 1.44. The van der Waals surface area contributed by atoms with Crippen molar-refractivity contribution in [2.45, 2.75) is 45.8 Å². The van der Waals surface area contributed by atoms with Crippen LogP contribution < -0.4 is 10.1 Å². The van der Waals surface area contributed by atoms with Crippen molar-refractivity contribution in [2.24, 2.45) is 0 Å². The summed E-state index contributed by atoms with van der Waals surface area (Å²) in [6.45, 7) is 6.92. The molecule has 0 aromatic carbocycles. The van der Waals surface area contributed by atoms with Gasteiger partial charge in [0, 0.05) is 12.3 Å². The van der Waals surface area contributed by atoms with E-state index in [0.29, 0.717) is 11.4 Å². The molecular formula is C14H20N2O4. The lowest BCUT2D eigenvalue weighted by atomic mass is 9.99. The van der Waals surface area contributed by atoms with E-state index >= 15 is 0 Å². The van der Waals surface area contributed by atoms with Gasteiger partial charge in [-0.1, -0.05) is 6.92 Å². The SMILES string of the molecule is CCC(C)(NC(=O)c1ccc(OC(C)C)nc1)C(=O)O. The van der Waals surface area contributed by atoms with Crippen LogP contribution in [0, 0.1) is 0 Å². The first-order valence-corrected chi connectivity index (χ1v) is 6.47. The van der Waals surface area contributed by atoms with Crippen LogP contribution in [0.3, 0.4) is 0 Å². The van der Waals surface area contributed by atoms with Crippen molar-refractivity contribution in [3.63, 3.8) is 0 Å². The highest BCUT2D eigenvalue weighted by molar-refractivity contribution is 5.97. The van der Waals surface area contributed by atoms with Gasteiger partial charge in [-0.3, -0.25) is 4.79 Å². The summed E-state index contributed by atoms with van der Waals surface area (Å²) in [5.74, 6) is -1.12. The Morgan fingerprint density at radius 2 is 2.10 bits per heavy atom. The zero-order valence-corrected chi connectivity index (χ0v) is 12.1. The van der Waals surface area contributed by atoms with Crippen LogP contribution in [0.4, 0.5) is 0 Å². The normalized spacial score (nSPS) is 13.7. The quantitative estimate of drug-likeness (QED) is 0.830. The topological polar surface area (TPSA) is 88.5 Å². The molecular weight excluding hydrogens is 260 g/mol. The maximum Gasteiger partial charge on any atom is 0.329 e. The number of aromatic nitrogens is 1. The second-order valence-corrected chi connectivity index (χ2v) is 5.00. The number of carbonyl (C=O) groups is 2. The average Bonchev–Trinajstić information content (AvgIpc) is 2.38. The maximum atomic E-state index is 12.0. The molecule has 0 spiro atoms.